The molecule has 3 rings (SSSR count). The quantitative estimate of drug-likeness (QED) is 0.595. The molecule has 2 aromatic carbocycles. The molecule has 0 saturated heterocycles. The lowest BCUT2D eigenvalue weighted by Crippen LogP contribution is -2.34. The first-order valence-corrected chi connectivity index (χ1v) is 8.87. The van der Waals surface area contributed by atoms with Gasteiger partial charge in [-0.1, -0.05) is 30.3 Å². The Balaban J connectivity index is 1.63. The second kappa shape index (κ2) is 9.37. The summed E-state index contributed by atoms with van der Waals surface area (Å²) in [6.45, 7) is -0.666. The average Bonchev–Trinajstić information content (AvgIpc) is 3.22. The zero-order chi connectivity index (χ0) is 21.5. The van der Waals surface area contributed by atoms with Crippen LogP contribution in [0, 0.1) is 0 Å². The number of nitrogens with zero attached hydrogens (tertiary/aromatic N) is 2. The van der Waals surface area contributed by atoms with E-state index < -0.39 is 24.4 Å². The molecular formula is C21H19N3O6. The Morgan fingerprint density at radius 2 is 1.60 bits per heavy atom. The maximum atomic E-state index is 12.4. The third-order valence-electron chi connectivity index (χ3n) is 4.05. The van der Waals surface area contributed by atoms with Gasteiger partial charge in [0, 0.05) is 0 Å². The van der Waals surface area contributed by atoms with E-state index in [4.69, 9.17) is 14.2 Å². The summed E-state index contributed by atoms with van der Waals surface area (Å²) in [7, 11) is 2.80. The highest BCUT2D eigenvalue weighted by atomic mass is 16.5. The minimum Gasteiger partial charge on any atom is -0.496 e. The molecule has 0 bridgehead atoms. The predicted octanol–water partition coefficient (Wildman–Crippen LogP) is 2.00. The van der Waals surface area contributed by atoms with E-state index in [1.165, 1.54) is 31.2 Å². The monoisotopic (exact) mass is 409 g/mol. The number of para-hydroxylation sites is 2. The average molecular weight is 409 g/mol. The van der Waals surface area contributed by atoms with E-state index in [1.807, 2.05) is 18.2 Å². The highest BCUT2D eigenvalue weighted by Crippen LogP contribution is 2.20. The second-order valence-corrected chi connectivity index (χ2v) is 5.98. The molecule has 0 radical (unpaired) electrons. The van der Waals surface area contributed by atoms with Gasteiger partial charge in [0.2, 0.25) is 5.69 Å². The van der Waals surface area contributed by atoms with Crippen molar-refractivity contribution in [3.8, 4) is 17.2 Å². The number of carbonyl (C=O) groups excluding carboxylic acids is 3. The van der Waals surface area contributed by atoms with E-state index in [1.54, 1.807) is 30.3 Å². The van der Waals surface area contributed by atoms with Gasteiger partial charge < -0.3 is 14.2 Å². The van der Waals surface area contributed by atoms with Crippen molar-refractivity contribution in [1.82, 2.24) is 15.1 Å². The third-order valence-corrected chi connectivity index (χ3v) is 4.05. The van der Waals surface area contributed by atoms with Crippen LogP contribution in [0.2, 0.25) is 0 Å². The maximum Gasteiger partial charge on any atom is 0.363 e. The molecule has 1 aromatic heterocycles. The van der Waals surface area contributed by atoms with Crippen LogP contribution in [-0.4, -0.2) is 48.4 Å². The number of nitrogens with one attached hydrogen (secondary N) is 1. The van der Waals surface area contributed by atoms with E-state index >= 15 is 0 Å². The molecule has 9 nitrogen and oxygen atoms in total. The van der Waals surface area contributed by atoms with Crippen LogP contribution in [0.25, 0.3) is 5.69 Å². The fourth-order valence-corrected chi connectivity index (χ4v) is 2.62. The molecule has 1 heterocycles. The standard InChI is InChI=1S/C21H19N3O6/c1-28-16-11-7-6-10-15(16)20(26)22-18(25)13-30-21(27)19-17(29-2)12-24(23-19)14-8-4-3-5-9-14/h3-12H,13H2,1-2H3,(H,22,25,26). The zero-order valence-corrected chi connectivity index (χ0v) is 16.3. The highest BCUT2D eigenvalue weighted by Gasteiger charge is 2.22. The molecule has 0 atom stereocenters. The first-order chi connectivity index (χ1) is 14.5. The van der Waals surface area contributed by atoms with Crippen molar-refractivity contribution in [2.45, 2.75) is 0 Å². The highest BCUT2D eigenvalue weighted by molar-refractivity contribution is 6.07. The fraction of sp³-hybridized carbons (Fsp3) is 0.143. The zero-order valence-electron chi connectivity index (χ0n) is 16.3. The minimum atomic E-state index is -0.860. The molecule has 3 aromatic rings. The lowest BCUT2D eigenvalue weighted by molar-refractivity contribution is -0.123. The molecule has 30 heavy (non-hydrogen) atoms. The Labute approximate surface area is 172 Å². The molecule has 0 aliphatic carbocycles. The number of carbonyl (C=O) groups is 3. The number of benzene rings is 2. The number of hydrogen-bond donors (Lipinski definition) is 1. The van der Waals surface area contributed by atoms with Gasteiger partial charge in [0.15, 0.2) is 12.4 Å². The van der Waals surface area contributed by atoms with Crippen LogP contribution >= 0.6 is 0 Å². The number of methoxy groups -OCH3 is 2. The number of rotatable bonds is 7. The van der Waals surface area contributed by atoms with Crippen molar-refractivity contribution in [3.05, 3.63) is 72.1 Å². The fourth-order valence-electron chi connectivity index (χ4n) is 2.62. The molecule has 0 saturated carbocycles. The molecule has 154 valence electrons. The first kappa shape index (κ1) is 20.6. The summed E-state index contributed by atoms with van der Waals surface area (Å²) in [5.74, 6) is -1.81. The molecule has 9 heteroatoms. The van der Waals surface area contributed by atoms with Gasteiger partial charge in [-0.05, 0) is 24.3 Å². The summed E-state index contributed by atoms with van der Waals surface area (Å²) in [4.78, 5) is 36.6. The van der Waals surface area contributed by atoms with Gasteiger partial charge in [0.1, 0.15) is 5.75 Å². The maximum absolute atomic E-state index is 12.4. The summed E-state index contributed by atoms with van der Waals surface area (Å²) in [6, 6.07) is 15.5. The first-order valence-electron chi connectivity index (χ1n) is 8.87. The Hall–Kier alpha value is -4.14. The number of aromatic nitrogens is 2. The van der Waals surface area contributed by atoms with Gasteiger partial charge >= 0.3 is 5.97 Å². The van der Waals surface area contributed by atoms with Gasteiger partial charge in [-0.3, -0.25) is 14.9 Å². The Morgan fingerprint density at radius 3 is 2.30 bits per heavy atom. The van der Waals surface area contributed by atoms with Gasteiger partial charge in [-0.2, -0.15) is 5.10 Å². The Kier molecular flexibility index (Phi) is 6.43. The number of hydrogen-bond acceptors (Lipinski definition) is 7. The largest absolute Gasteiger partial charge is 0.496 e. The SMILES string of the molecule is COc1ccccc1C(=O)NC(=O)COC(=O)c1nn(-c2ccccc2)cc1OC. The van der Waals surface area contributed by atoms with E-state index in [0.29, 0.717) is 5.75 Å². The lowest BCUT2D eigenvalue weighted by atomic mass is 10.2. The van der Waals surface area contributed by atoms with Crippen molar-refractivity contribution in [2.24, 2.45) is 0 Å². The molecule has 0 spiro atoms. The van der Waals surface area contributed by atoms with E-state index in [2.05, 4.69) is 10.4 Å². The summed E-state index contributed by atoms with van der Waals surface area (Å²) in [5, 5.41) is 6.31. The molecule has 0 unspecified atom stereocenters. The van der Waals surface area contributed by atoms with Crippen molar-refractivity contribution in [3.63, 3.8) is 0 Å². The second-order valence-electron chi connectivity index (χ2n) is 5.98. The number of ether oxygens (including phenoxy) is 3. The molecular weight excluding hydrogens is 390 g/mol. The van der Waals surface area contributed by atoms with Crippen molar-refractivity contribution >= 4 is 17.8 Å². The van der Waals surface area contributed by atoms with Crippen molar-refractivity contribution in [2.75, 3.05) is 20.8 Å². The number of imide groups is 1. The van der Waals surface area contributed by atoms with Gasteiger partial charge in [0.25, 0.3) is 11.8 Å². The molecule has 0 aliphatic heterocycles. The number of amides is 2. The topological polar surface area (TPSA) is 109 Å². The van der Waals surface area contributed by atoms with Gasteiger partial charge in [-0.25, -0.2) is 9.48 Å². The van der Waals surface area contributed by atoms with Crippen LogP contribution in [0.4, 0.5) is 0 Å². The van der Waals surface area contributed by atoms with Crippen LogP contribution < -0.4 is 14.8 Å². The Morgan fingerprint density at radius 1 is 0.933 bits per heavy atom. The van der Waals surface area contributed by atoms with E-state index in [0.717, 1.165) is 5.69 Å². The van der Waals surface area contributed by atoms with Crippen LogP contribution in [0.15, 0.2) is 60.8 Å². The van der Waals surface area contributed by atoms with Crippen LogP contribution in [0.3, 0.4) is 0 Å². The van der Waals surface area contributed by atoms with E-state index in [-0.39, 0.29) is 17.0 Å². The Bertz CT molecular complexity index is 1060. The van der Waals surface area contributed by atoms with E-state index in [9.17, 15) is 14.4 Å². The third kappa shape index (κ3) is 4.64. The summed E-state index contributed by atoms with van der Waals surface area (Å²) < 4.78 is 16.7. The molecule has 2 amide bonds. The smallest absolute Gasteiger partial charge is 0.363 e. The van der Waals surface area contributed by atoms with Gasteiger partial charge in [-0.15, -0.1) is 0 Å². The normalized spacial score (nSPS) is 10.2. The molecule has 0 fully saturated rings. The number of esters is 1. The van der Waals surface area contributed by atoms with Gasteiger partial charge in [0.05, 0.1) is 31.7 Å². The van der Waals surface area contributed by atoms with Crippen molar-refractivity contribution < 1.29 is 28.6 Å². The summed E-state index contributed by atoms with van der Waals surface area (Å²) >= 11 is 0. The lowest BCUT2D eigenvalue weighted by Gasteiger charge is -2.08. The minimum absolute atomic E-state index is 0.0924. The summed E-state index contributed by atoms with van der Waals surface area (Å²) in [6.07, 6.45) is 1.53. The summed E-state index contributed by atoms with van der Waals surface area (Å²) in [5.41, 5.74) is 0.808. The molecule has 0 aliphatic rings. The van der Waals surface area contributed by atoms with Crippen LogP contribution in [0.5, 0.6) is 11.5 Å². The predicted molar refractivity (Wildman–Crippen MR) is 106 cm³/mol. The van der Waals surface area contributed by atoms with Crippen molar-refractivity contribution in [1.29, 1.82) is 0 Å². The van der Waals surface area contributed by atoms with Crippen LogP contribution in [0.1, 0.15) is 20.8 Å². The molecule has 1 N–H and O–H groups in total. The van der Waals surface area contributed by atoms with Crippen LogP contribution in [-0.2, 0) is 9.53 Å².